The first kappa shape index (κ1) is 24.1. The second-order valence-corrected chi connectivity index (χ2v) is 11.4. The average Bonchev–Trinajstić information content (AvgIpc) is 3.28. The van der Waals surface area contributed by atoms with Crippen molar-refractivity contribution in [3.05, 3.63) is 78.6 Å². The topological polar surface area (TPSA) is 95.1 Å². The smallest absolute Gasteiger partial charge is 0.249 e. The van der Waals surface area contributed by atoms with Crippen LogP contribution in [-0.4, -0.2) is 36.3 Å². The number of sulfone groups is 1. The van der Waals surface area contributed by atoms with Gasteiger partial charge >= 0.3 is 0 Å². The van der Waals surface area contributed by atoms with Gasteiger partial charge in [0, 0.05) is 36.8 Å². The summed E-state index contributed by atoms with van der Waals surface area (Å²) >= 11 is 0. The maximum Gasteiger partial charge on any atom is 0.249 e. The molecular weight excluding hydrogens is 484 g/mol. The van der Waals surface area contributed by atoms with Crippen LogP contribution in [0.4, 0.5) is 8.78 Å². The van der Waals surface area contributed by atoms with Gasteiger partial charge in [-0.05, 0) is 47.0 Å². The number of carbonyl (C=O) groups is 1. The molecule has 186 valence electrons. The van der Waals surface area contributed by atoms with Crippen molar-refractivity contribution in [3.63, 3.8) is 0 Å². The molecule has 36 heavy (non-hydrogen) atoms. The van der Waals surface area contributed by atoms with E-state index >= 15 is 0 Å². The van der Waals surface area contributed by atoms with Crippen molar-refractivity contribution in [2.45, 2.75) is 36.0 Å². The fourth-order valence-corrected chi connectivity index (χ4v) is 5.61. The van der Waals surface area contributed by atoms with Crippen molar-refractivity contribution in [1.29, 1.82) is 0 Å². The number of nitrogens with two attached hydrogens (primary N) is 1. The summed E-state index contributed by atoms with van der Waals surface area (Å²) in [5, 5.41) is 6.86. The Balaban J connectivity index is 1.65. The number of primary amides is 1. The third-order valence-corrected chi connectivity index (χ3v) is 8.00. The van der Waals surface area contributed by atoms with E-state index in [1.54, 1.807) is 23.0 Å². The number of hydrogen-bond acceptors (Lipinski definition) is 4. The highest BCUT2D eigenvalue weighted by Crippen LogP contribution is 2.46. The molecule has 1 heterocycles. The molecule has 0 bridgehead atoms. The summed E-state index contributed by atoms with van der Waals surface area (Å²) in [5.74, 6) is -5.40. The highest BCUT2D eigenvalue weighted by molar-refractivity contribution is 7.90. The van der Waals surface area contributed by atoms with Gasteiger partial charge in [-0.1, -0.05) is 42.5 Å². The molecule has 1 amide bonds. The predicted molar refractivity (Wildman–Crippen MR) is 134 cm³/mol. The number of nitrogens with zero attached hydrogens (tertiary/aromatic N) is 2. The van der Waals surface area contributed by atoms with Crippen LogP contribution in [0.15, 0.2) is 77.8 Å². The normalized spacial score (nSPS) is 19.9. The largest absolute Gasteiger partial charge is 0.369 e. The summed E-state index contributed by atoms with van der Waals surface area (Å²) in [7, 11) is -3.39. The number of halogens is 2. The van der Waals surface area contributed by atoms with Gasteiger partial charge in [-0.25, -0.2) is 21.9 Å². The number of amides is 1. The quantitative estimate of drug-likeness (QED) is 0.405. The molecule has 1 aliphatic rings. The number of carbonyl (C=O) groups excluding carboxylic acids is 1. The molecule has 4 aromatic rings. The summed E-state index contributed by atoms with van der Waals surface area (Å²) in [6.45, 7) is 0. The maximum atomic E-state index is 14.2. The first-order chi connectivity index (χ1) is 17.0. The molecule has 2 N–H and O–H groups in total. The standard InChI is InChI=1S/C27H25F2N3O3S/c1-36(34,35)21-10-7-18(8-11-21)24-16-32(20-9-6-17-4-2-3-5-19(17)14-20)31-25(24)22-12-13-27(28,29)15-23(22)26(30)33/h2-11,14,16,22-23H,12-13,15H2,1H3,(H2,30,33). The van der Waals surface area contributed by atoms with Crippen LogP contribution in [0.25, 0.3) is 27.6 Å². The van der Waals surface area contributed by atoms with E-state index in [9.17, 15) is 22.0 Å². The third kappa shape index (κ3) is 4.63. The van der Waals surface area contributed by atoms with Crippen LogP contribution in [0.5, 0.6) is 0 Å². The van der Waals surface area contributed by atoms with Gasteiger partial charge in [0.2, 0.25) is 11.8 Å². The number of aromatic nitrogens is 2. The number of hydrogen-bond donors (Lipinski definition) is 1. The molecular formula is C27H25F2N3O3S. The summed E-state index contributed by atoms with van der Waals surface area (Å²) in [6.07, 6.45) is 1.99. The lowest BCUT2D eigenvalue weighted by atomic mass is 9.74. The van der Waals surface area contributed by atoms with Crippen LogP contribution in [0.1, 0.15) is 30.9 Å². The fraction of sp³-hybridized carbons (Fsp3) is 0.259. The van der Waals surface area contributed by atoms with Gasteiger partial charge in [0.15, 0.2) is 9.84 Å². The number of fused-ring (bicyclic) bond motifs is 1. The molecule has 1 saturated carbocycles. The molecule has 5 rings (SSSR count). The maximum absolute atomic E-state index is 14.2. The Hall–Kier alpha value is -3.59. The fourth-order valence-electron chi connectivity index (χ4n) is 4.98. The Morgan fingerprint density at radius 3 is 2.42 bits per heavy atom. The molecule has 1 fully saturated rings. The summed E-state index contributed by atoms with van der Waals surface area (Å²) in [5.41, 5.74) is 8.16. The van der Waals surface area contributed by atoms with Gasteiger partial charge in [0.05, 0.1) is 22.2 Å². The van der Waals surface area contributed by atoms with Crippen molar-refractivity contribution in [3.8, 4) is 16.8 Å². The number of rotatable bonds is 5. The second kappa shape index (κ2) is 8.81. The van der Waals surface area contributed by atoms with Gasteiger partial charge in [-0.3, -0.25) is 4.79 Å². The first-order valence-electron chi connectivity index (χ1n) is 11.6. The van der Waals surface area contributed by atoms with Crippen molar-refractivity contribution in [2.24, 2.45) is 11.7 Å². The zero-order chi connectivity index (χ0) is 25.7. The molecule has 0 aliphatic heterocycles. The van der Waals surface area contributed by atoms with E-state index in [1.807, 2.05) is 42.5 Å². The van der Waals surface area contributed by atoms with Crippen LogP contribution < -0.4 is 5.73 Å². The van der Waals surface area contributed by atoms with Crippen LogP contribution in [-0.2, 0) is 14.6 Å². The minimum absolute atomic E-state index is 0.0593. The van der Waals surface area contributed by atoms with Gasteiger partial charge in [0.1, 0.15) is 0 Å². The molecule has 2 unspecified atom stereocenters. The Labute approximate surface area is 207 Å². The van der Waals surface area contributed by atoms with E-state index in [4.69, 9.17) is 10.8 Å². The van der Waals surface area contributed by atoms with Crippen LogP contribution >= 0.6 is 0 Å². The van der Waals surface area contributed by atoms with Crippen molar-refractivity contribution >= 4 is 26.5 Å². The van der Waals surface area contributed by atoms with Crippen LogP contribution in [0.3, 0.4) is 0 Å². The second-order valence-electron chi connectivity index (χ2n) is 9.41. The van der Waals surface area contributed by atoms with E-state index < -0.39 is 39.9 Å². The molecule has 1 aliphatic carbocycles. The monoisotopic (exact) mass is 509 g/mol. The number of benzene rings is 3. The van der Waals surface area contributed by atoms with E-state index in [-0.39, 0.29) is 17.7 Å². The zero-order valence-corrected chi connectivity index (χ0v) is 20.4. The summed E-state index contributed by atoms with van der Waals surface area (Å²) in [6, 6.07) is 20.1. The van der Waals surface area contributed by atoms with E-state index in [2.05, 4.69) is 0 Å². The molecule has 0 saturated heterocycles. The minimum atomic E-state index is -3.39. The first-order valence-corrected chi connectivity index (χ1v) is 13.5. The molecule has 1 aromatic heterocycles. The zero-order valence-electron chi connectivity index (χ0n) is 19.6. The molecule has 3 aromatic carbocycles. The van der Waals surface area contributed by atoms with Gasteiger partial charge in [0.25, 0.3) is 0 Å². The molecule has 9 heteroatoms. The van der Waals surface area contributed by atoms with Gasteiger partial charge < -0.3 is 5.73 Å². The minimum Gasteiger partial charge on any atom is -0.369 e. The van der Waals surface area contributed by atoms with Crippen molar-refractivity contribution in [2.75, 3.05) is 6.26 Å². The van der Waals surface area contributed by atoms with Crippen LogP contribution in [0.2, 0.25) is 0 Å². The Morgan fingerprint density at radius 1 is 1.06 bits per heavy atom. The van der Waals surface area contributed by atoms with E-state index in [1.165, 1.54) is 12.1 Å². The third-order valence-electron chi connectivity index (χ3n) is 6.88. The average molecular weight is 510 g/mol. The predicted octanol–water partition coefficient (Wildman–Crippen LogP) is 5.10. The van der Waals surface area contributed by atoms with Gasteiger partial charge in [-0.2, -0.15) is 5.10 Å². The highest BCUT2D eigenvalue weighted by atomic mass is 32.2. The lowest BCUT2D eigenvalue weighted by Gasteiger charge is -2.33. The Bertz CT molecular complexity index is 1560. The lowest BCUT2D eigenvalue weighted by Crippen LogP contribution is -2.39. The Kier molecular flexibility index (Phi) is 5.90. The number of alkyl halides is 2. The van der Waals surface area contributed by atoms with Crippen molar-refractivity contribution in [1.82, 2.24) is 9.78 Å². The van der Waals surface area contributed by atoms with E-state index in [0.29, 0.717) is 16.8 Å². The molecule has 2 atom stereocenters. The highest BCUT2D eigenvalue weighted by Gasteiger charge is 2.46. The SMILES string of the molecule is CS(=O)(=O)c1ccc(-c2cn(-c3ccc4ccccc4c3)nc2C2CCC(F)(F)CC2C(N)=O)cc1. The molecule has 0 radical (unpaired) electrons. The lowest BCUT2D eigenvalue weighted by molar-refractivity contribution is -0.130. The molecule has 0 spiro atoms. The summed E-state index contributed by atoms with van der Waals surface area (Å²) < 4.78 is 54.0. The van der Waals surface area contributed by atoms with E-state index in [0.717, 1.165) is 22.7 Å². The summed E-state index contributed by atoms with van der Waals surface area (Å²) in [4.78, 5) is 12.4. The van der Waals surface area contributed by atoms with Crippen molar-refractivity contribution < 1.29 is 22.0 Å². The molecule has 6 nitrogen and oxygen atoms in total. The Morgan fingerprint density at radius 2 is 1.75 bits per heavy atom. The van der Waals surface area contributed by atoms with Gasteiger partial charge in [-0.15, -0.1) is 0 Å². The van der Waals surface area contributed by atoms with Crippen LogP contribution in [0, 0.1) is 5.92 Å².